The quantitative estimate of drug-likeness (QED) is 0.558. The summed E-state index contributed by atoms with van der Waals surface area (Å²) in [5, 5.41) is 10.4. The zero-order valence-corrected chi connectivity index (χ0v) is 16.3. The van der Waals surface area contributed by atoms with Crippen LogP contribution in [-0.4, -0.2) is 25.7 Å². The fraction of sp³-hybridized carbons (Fsp3) is 0.263. The molecule has 27 heavy (non-hydrogen) atoms. The summed E-state index contributed by atoms with van der Waals surface area (Å²) in [4.78, 5) is 21.9. The molecule has 0 spiro atoms. The second-order valence-electron chi connectivity index (χ2n) is 6.59. The van der Waals surface area contributed by atoms with Crippen molar-refractivity contribution in [3.63, 3.8) is 0 Å². The number of nitrogens with zero attached hydrogens (tertiary/aromatic N) is 4. The molecule has 0 aliphatic heterocycles. The van der Waals surface area contributed by atoms with Crippen molar-refractivity contribution in [2.75, 3.05) is 5.32 Å². The molecule has 4 aromatic rings. The predicted octanol–water partition coefficient (Wildman–Crippen LogP) is 4.60. The minimum atomic E-state index is -0.236. The number of thiazole rings is 1. The number of aryl methyl sites for hydroxylation is 2. The molecule has 0 radical (unpaired) electrons. The Morgan fingerprint density at radius 3 is 2.74 bits per heavy atom. The maximum Gasteiger partial charge on any atom is 0.258 e. The van der Waals surface area contributed by atoms with Gasteiger partial charge in [0, 0.05) is 23.2 Å². The normalized spacial score (nSPS) is 11.4. The second-order valence-corrected chi connectivity index (χ2v) is 7.49. The van der Waals surface area contributed by atoms with Crippen molar-refractivity contribution in [3.05, 3.63) is 47.0 Å². The second kappa shape index (κ2) is 6.62. The predicted molar refractivity (Wildman–Crippen MR) is 105 cm³/mol. The van der Waals surface area contributed by atoms with Crippen LogP contribution in [0.1, 0.15) is 41.8 Å². The number of nitrogens with one attached hydrogen (secondary N) is 1. The van der Waals surface area contributed by atoms with Gasteiger partial charge in [0.05, 0.1) is 22.8 Å². The van der Waals surface area contributed by atoms with Crippen LogP contribution in [0, 0.1) is 13.8 Å². The van der Waals surface area contributed by atoms with E-state index in [1.807, 2.05) is 43.8 Å². The lowest BCUT2D eigenvalue weighted by atomic mass is 10.1. The molecule has 0 atom stereocenters. The van der Waals surface area contributed by atoms with Crippen LogP contribution in [0.5, 0.6) is 0 Å². The molecule has 0 aromatic carbocycles. The van der Waals surface area contributed by atoms with E-state index < -0.39 is 0 Å². The van der Waals surface area contributed by atoms with E-state index >= 15 is 0 Å². The van der Waals surface area contributed by atoms with Gasteiger partial charge in [-0.3, -0.25) is 10.1 Å². The van der Waals surface area contributed by atoms with E-state index in [2.05, 4.69) is 15.4 Å². The summed E-state index contributed by atoms with van der Waals surface area (Å²) in [5.74, 6) is 1.33. The number of furan rings is 1. The number of carbonyl (C=O) groups is 1. The number of hydrogen-bond acceptors (Lipinski definition) is 6. The number of fused-ring (bicyclic) bond motifs is 1. The molecule has 0 unspecified atom stereocenters. The third-order valence-corrected chi connectivity index (χ3v) is 4.96. The number of carbonyl (C=O) groups excluding carboxylic acids is 1. The van der Waals surface area contributed by atoms with Crippen LogP contribution in [0.2, 0.25) is 0 Å². The Hall–Kier alpha value is -3.00. The van der Waals surface area contributed by atoms with E-state index in [1.54, 1.807) is 18.5 Å². The Labute approximate surface area is 160 Å². The zero-order chi connectivity index (χ0) is 19.1. The minimum absolute atomic E-state index is 0.118. The molecule has 4 aromatic heterocycles. The molecule has 138 valence electrons. The summed E-state index contributed by atoms with van der Waals surface area (Å²) in [6.07, 6.45) is 3.35. The van der Waals surface area contributed by atoms with Gasteiger partial charge < -0.3 is 4.42 Å². The van der Waals surface area contributed by atoms with Gasteiger partial charge >= 0.3 is 0 Å². The first kappa shape index (κ1) is 17.4. The van der Waals surface area contributed by atoms with Crippen LogP contribution in [-0.2, 0) is 0 Å². The van der Waals surface area contributed by atoms with Crippen molar-refractivity contribution in [1.29, 1.82) is 0 Å². The number of hydrogen-bond donors (Lipinski definition) is 1. The average Bonchev–Trinajstić information content (AvgIpc) is 3.33. The van der Waals surface area contributed by atoms with Crippen molar-refractivity contribution >= 4 is 33.4 Å². The Morgan fingerprint density at radius 2 is 2.11 bits per heavy atom. The smallest absolute Gasteiger partial charge is 0.258 e. The highest BCUT2D eigenvalue weighted by molar-refractivity contribution is 7.13. The lowest BCUT2D eigenvalue weighted by Gasteiger charge is -2.10. The zero-order valence-electron chi connectivity index (χ0n) is 15.5. The fourth-order valence-electron chi connectivity index (χ4n) is 3.06. The summed E-state index contributed by atoms with van der Waals surface area (Å²) < 4.78 is 7.48. The monoisotopic (exact) mass is 381 g/mol. The maximum atomic E-state index is 12.9. The molecule has 4 heterocycles. The Kier molecular flexibility index (Phi) is 4.27. The molecular formula is C19H19N5O2S. The standard InChI is InChI=1S/C19H19N5O2S/c1-10(2)24-17-15(9-21-24)14(18(25)23-19-20-5-6-27-19)8-16(22-17)13-7-11(3)26-12(13)4/h5-10H,1-4H3,(H,20,23,25). The van der Waals surface area contributed by atoms with E-state index in [4.69, 9.17) is 9.40 Å². The van der Waals surface area contributed by atoms with E-state index in [-0.39, 0.29) is 11.9 Å². The van der Waals surface area contributed by atoms with Gasteiger partial charge in [-0.15, -0.1) is 11.3 Å². The summed E-state index contributed by atoms with van der Waals surface area (Å²) >= 11 is 1.37. The van der Waals surface area contributed by atoms with E-state index in [9.17, 15) is 4.79 Å². The van der Waals surface area contributed by atoms with Gasteiger partial charge in [-0.2, -0.15) is 5.10 Å². The number of pyridine rings is 1. The first-order valence-corrected chi connectivity index (χ1v) is 9.48. The van der Waals surface area contributed by atoms with Gasteiger partial charge in [0.15, 0.2) is 10.8 Å². The highest BCUT2D eigenvalue weighted by atomic mass is 32.1. The van der Waals surface area contributed by atoms with E-state index in [1.165, 1.54) is 11.3 Å². The number of anilines is 1. The van der Waals surface area contributed by atoms with E-state index in [0.29, 0.717) is 27.4 Å². The van der Waals surface area contributed by atoms with Crippen LogP contribution in [0.3, 0.4) is 0 Å². The molecular weight excluding hydrogens is 362 g/mol. The van der Waals surface area contributed by atoms with Crippen LogP contribution in [0.4, 0.5) is 5.13 Å². The van der Waals surface area contributed by atoms with Crippen LogP contribution in [0.25, 0.3) is 22.3 Å². The highest BCUT2D eigenvalue weighted by Crippen LogP contribution is 2.30. The topological polar surface area (TPSA) is 85.8 Å². The summed E-state index contributed by atoms with van der Waals surface area (Å²) in [7, 11) is 0. The fourth-order valence-corrected chi connectivity index (χ4v) is 3.58. The van der Waals surface area contributed by atoms with E-state index in [0.717, 1.165) is 17.1 Å². The first-order valence-electron chi connectivity index (χ1n) is 8.60. The Morgan fingerprint density at radius 1 is 1.30 bits per heavy atom. The van der Waals surface area contributed by atoms with Crippen molar-refractivity contribution in [2.45, 2.75) is 33.7 Å². The molecule has 7 nitrogen and oxygen atoms in total. The SMILES string of the molecule is Cc1cc(-c2cc(C(=O)Nc3nccs3)c3cnn(C(C)C)c3n2)c(C)o1. The van der Waals surface area contributed by atoms with Gasteiger partial charge in [0.1, 0.15) is 11.5 Å². The Bertz CT molecular complexity index is 1120. The van der Waals surface area contributed by atoms with Crippen molar-refractivity contribution in [1.82, 2.24) is 19.7 Å². The minimum Gasteiger partial charge on any atom is -0.466 e. The number of rotatable bonds is 4. The molecule has 0 fully saturated rings. The van der Waals surface area contributed by atoms with Crippen LogP contribution in [0.15, 0.2) is 34.3 Å². The number of aromatic nitrogens is 4. The molecule has 0 aliphatic carbocycles. The highest BCUT2D eigenvalue weighted by Gasteiger charge is 2.20. The molecule has 1 N–H and O–H groups in total. The lowest BCUT2D eigenvalue weighted by Crippen LogP contribution is -2.13. The van der Waals surface area contributed by atoms with Crippen molar-refractivity contribution < 1.29 is 9.21 Å². The molecule has 0 bridgehead atoms. The van der Waals surface area contributed by atoms with Gasteiger partial charge in [0.25, 0.3) is 5.91 Å². The molecule has 8 heteroatoms. The summed E-state index contributed by atoms with van der Waals surface area (Å²) in [6, 6.07) is 3.84. The van der Waals surface area contributed by atoms with Gasteiger partial charge in [-0.05, 0) is 39.8 Å². The summed E-state index contributed by atoms with van der Waals surface area (Å²) in [5.41, 5.74) is 2.73. The molecule has 0 saturated heterocycles. The lowest BCUT2D eigenvalue weighted by molar-refractivity contribution is 0.102. The van der Waals surface area contributed by atoms with Gasteiger partial charge in [-0.1, -0.05) is 0 Å². The molecule has 0 saturated carbocycles. The third-order valence-electron chi connectivity index (χ3n) is 4.27. The van der Waals surface area contributed by atoms with Gasteiger partial charge in [-0.25, -0.2) is 14.6 Å². The van der Waals surface area contributed by atoms with Crippen LogP contribution >= 0.6 is 11.3 Å². The molecule has 4 rings (SSSR count). The largest absolute Gasteiger partial charge is 0.466 e. The summed E-state index contributed by atoms with van der Waals surface area (Å²) in [6.45, 7) is 7.85. The van der Waals surface area contributed by atoms with Crippen molar-refractivity contribution in [3.8, 4) is 11.3 Å². The Balaban J connectivity index is 1.90. The van der Waals surface area contributed by atoms with Crippen molar-refractivity contribution in [2.24, 2.45) is 0 Å². The number of amides is 1. The maximum absolute atomic E-state index is 12.9. The third kappa shape index (κ3) is 3.12. The average molecular weight is 381 g/mol. The molecule has 0 aliphatic rings. The molecule has 1 amide bonds. The van der Waals surface area contributed by atoms with Crippen LogP contribution < -0.4 is 5.32 Å². The first-order chi connectivity index (χ1) is 12.9. The van der Waals surface area contributed by atoms with Gasteiger partial charge in [0.2, 0.25) is 0 Å².